The summed E-state index contributed by atoms with van der Waals surface area (Å²) < 4.78 is 10.1. The van der Waals surface area contributed by atoms with Gasteiger partial charge >= 0.3 is 5.97 Å². The van der Waals surface area contributed by atoms with Crippen molar-refractivity contribution in [1.29, 1.82) is 0 Å². The zero-order chi connectivity index (χ0) is 11.8. The monoisotopic (exact) mass is 224 g/mol. The van der Waals surface area contributed by atoms with E-state index in [1.54, 1.807) is 13.0 Å². The third kappa shape index (κ3) is 2.27. The predicted octanol–water partition coefficient (Wildman–Crippen LogP) is 1.83. The van der Waals surface area contributed by atoms with Crippen LogP contribution in [0.15, 0.2) is 10.5 Å². The van der Waals surface area contributed by atoms with Crippen LogP contribution in [0.3, 0.4) is 0 Å². The van der Waals surface area contributed by atoms with Gasteiger partial charge in [0.05, 0.1) is 12.7 Å². The second-order valence-corrected chi connectivity index (χ2v) is 4.40. The molecular formula is C12H16O4. The molecule has 0 aliphatic heterocycles. The second kappa shape index (κ2) is 3.94. The van der Waals surface area contributed by atoms with Crippen molar-refractivity contribution in [3.8, 4) is 0 Å². The highest BCUT2D eigenvalue weighted by Crippen LogP contribution is 2.39. The highest BCUT2D eigenvalue weighted by Gasteiger charge is 2.39. The van der Waals surface area contributed by atoms with Gasteiger partial charge in [-0.1, -0.05) is 0 Å². The van der Waals surface area contributed by atoms with Crippen LogP contribution in [0.2, 0.25) is 0 Å². The van der Waals surface area contributed by atoms with Crippen LogP contribution in [0.4, 0.5) is 0 Å². The topological polar surface area (TPSA) is 59.7 Å². The Balaban J connectivity index is 2.02. The van der Waals surface area contributed by atoms with E-state index in [9.17, 15) is 9.90 Å². The molecule has 1 aliphatic carbocycles. The first-order valence-corrected chi connectivity index (χ1v) is 5.44. The summed E-state index contributed by atoms with van der Waals surface area (Å²) in [5, 5.41) is 9.69. The summed E-state index contributed by atoms with van der Waals surface area (Å²) in [7, 11) is 1.35. The Morgan fingerprint density at radius 1 is 1.62 bits per heavy atom. The number of furan rings is 1. The molecule has 16 heavy (non-hydrogen) atoms. The Hall–Kier alpha value is -1.29. The lowest BCUT2D eigenvalue weighted by Gasteiger charge is -2.03. The van der Waals surface area contributed by atoms with Crippen LogP contribution in [-0.4, -0.2) is 23.8 Å². The minimum atomic E-state index is -0.480. The molecule has 4 heteroatoms. The molecule has 0 saturated heterocycles. The molecule has 1 saturated carbocycles. The van der Waals surface area contributed by atoms with Crippen molar-refractivity contribution in [1.82, 2.24) is 0 Å². The van der Waals surface area contributed by atoms with Crippen molar-refractivity contribution in [2.45, 2.75) is 38.2 Å². The maximum atomic E-state index is 11.3. The van der Waals surface area contributed by atoms with Crippen LogP contribution in [-0.2, 0) is 11.2 Å². The van der Waals surface area contributed by atoms with Gasteiger partial charge in [-0.3, -0.25) is 0 Å². The fourth-order valence-electron chi connectivity index (χ4n) is 1.73. The number of ether oxygens (including phenoxy) is 1. The van der Waals surface area contributed by atoms with E-state index in [-0.39, 0.29) is 5.97 Å². The standard InChI is InChI=1S/C12H16O4/c1-8-10(11(13)15-2)7-9(16-8)3-4-12(14)5-6-12/h7,14H,3-6H2,1-2H3. The number of carbonyl (C=O) groups excluding carboxylic acids is 1. The lowest BCUT2D eigenvalue weighted by Crippen LogP contribution is -2.07. The van der Waals surface area contributed by atoms with Gasteiger partial charge in [0.1, 0.15) is 17.1 Å². The summed E-state index contributed by atoms with van der Waals surface area (Å²) >= 11 is 0. The van der Waals surface area contributed by atoms with Gasteiger partial charge in [-0.05, 0) is 32.3 Å². The Labute approximate surface area is 94.2 Å². The Morgan fingerprint density at radius 2 is 2.31 bits per heavy atom. The van der Waals surface area contributed by atoms with Crippen LogP contribution in [0.5, 0.6) is 0 Å². The van der Waals surface area contributed by atoms with Gasteiger partial charge in [0.2, 0.25) is 0 Å². The zero-order valence-electron chi connectivity index (χ0n) is 9.58. The highest BCUT2D eigenvalue weighted by molar-refractivity contribution is 5.90. The molecule has 0 aromatic carbocycles. The number of hydrogen-bond donors (Lipinski definition) is 1. The van der Waals surface area contributed by atoms with Crippen LogP contribution >= 0.6 is 0 Å². The second-order valence-electron chi connectivity index (χ2n) is 4.40. The van der Waals surface area contributed by atoms with E-state index in [1.165, 1.54) is 7.11 Å². The predicted molar refractivity (Wildman–Crippen MR) is 57.3 cm³/mol. The molecule has 0 unspecified atom stereocenters. The molecule has 1 aromatic rings. The van der Waals surface area contributed by atoms with E-state index in [0.717, 1.165) is 18.6 Å². The summed E-state index contributed by atoms with van der Waals surface area (Å²) in [6.45, 7) is 1.74. The van der Waals surface area contributed by atoms with E-state index < -0.39 is 5.60 Å². The fraction of sp³-hybridized carbons (Fsp3) is 0.583. The van der Waals surface area contributed by atoms with Gasteiger partial charge in [0, 0.05) is 6.42 Å². The van der Waals surface area contributed by atoms with Crippen LogP contribution in [0, 0.1) is 6.92 Å². The lowest BCUT2D eigenvalue weighted by atomic mass is 10.1. The molecule has 88 valence electrons. The molecule has 2 rings (SSSR count). The highest BCUT2D eigenvalue weighted by atomic mass is 16.5. The number of methoxy groups -OCH3 is 1. The van der Waals surface area contributed by atoms with Gasteiger partial charge in [0.15, 0.2) is 0 Å². The normalized spacial score (nSPS) is 17.2. The number of hydrogen-bond acceptors (Lipinski definition) is 4. The molecule has 0 atom stereocenters. The van der Waals surface area contributed by atoms with Crippen molar-refractivity contribution in [2.24, 2.45) is 0 Å². The summed E-state index contributed by atoms with van der Waals surface area (Å²) in [5.41, 5.74) is -0.00755. The molecule has 4 nitrogen and oxygen atoms in total. The lowest BCUT2D eigenvalue weighted by molar-refractivity contribution is 0.0598. The van der Waals surface area contributed by atoms with Gasteiger partial charge in [0.25, 0.3) is 0 Å². The molecule has 1 N–H and O–H groups in total. The number of carbonyl (C=O) groups is 1. The molecule has 1 heterocycles. The van der Waals surface area contributed by atoms with Crippen molar-refractivity contribution in [2.75, 3.05) is 7.11 Å². The van der Waals surface area contributed by atoms with Gasteiger partial charge < -0.3 is 14.3 Å². The Morgan fingerprint density at radius 3 is 2.88 bits per heavy atom. The van der Waals surface area contributed by atoms with E-state index in [4.69, 9.17) is 4.42 Å². The number of esters is 1. The smallest absolute Gasteiger partial charge is 0.341 e. The van der Waals surface area contributed by atoms with Crippen molar-refractivity contribution in [3.05, 3.63) is 23.2 Å². The van der Waals surface area contributed by atoms with Crippen LogP contribution in [0.25, 0.3) is 0 Å². The van der Waals surface area contributed by atoms with E-state index >= 15 is 0 Å². The molecule has 0 amide bonds. The quantitative estimate of drug-likeness (QED) is 0.793. The van der Waals surface area contributed by atoms with Gasteiger partial charge in [-0.25, -0.2) is 4.79 Å². The molecule has 0 bridgehead atoms. The van der Waals surface area contributed by atoms with E-state index in [0.29, 0.717) is 24.2 Å². The average Bonchev–Trinajstić information content (AvgIpc) is 2.87. The van der Waals surface area contributed by atoms with Gasteiger partial charge in [-0.2, -0.15) is 0 Å². The third-order valence-electron chi connectivity index (χ3n) is 3.04. The molecule has 1 aliphatic rings. The van der Waals surface area contributed by atoms with Crippen LogP contribution < -0.4 is 0 Å². The van der Waals surface area contributed by atoms with Crippen LogP contribution in [0.1, 0.15) is 41.1 Å². The first kappa shape index (κ1) is 11.2. The first-order valence-electron chi connectivity index (χ1n) is 5.44. The molecule has 1 fully saturated rings. The number of rotatable bonds is 4. The Bertz CT molecular complexity index is 401. The average molecular weight is 224 g/mol. The van der Waals surface area contributed by atoms with Crippen molar-refractivity contribution >= 4 is 5.97 Å². The molecular weight excluding hydrogens is 208 g/mol. The largest absolute Gasteiger partial charge is 0.465 e. The molecule has 0 spiro atoms. The molecule has 1 aromatic heterocycles. The zero-order valence-corrected chi connectivity index (χ0v) is 9.58. The van der Waals surface area contributed by atoms with Gasteiger partial charge in [-0.15, -0.1) is 0 Å². The van der Waals surface area contributed by atoms with E-state index in [1.807, 2.05) is 0 Å². The summed E-state index contributed by atoms with van der Waals surface area (Å²) in [5.74, 6) is 0.931. The maximum absolute atomic E-state index is 11.3. The van der Waals surface area contributed by atoms with Crippen molar-refractivity contribution in [3.63, 3.8) is 0 Å². The van der Waals surface area contributed by atoms with Crippen molar-refractivity contribution < 1.29 is 19.1 Å². The summed E-state index contributed by atoms with van der Waals surface area (Å²) in [6.07, 6.45) is 3.10. The Kier molecular flexibility index (Phi) is 2.76. The SMILES string of the molecule is COC(=O)c1cc(CCC2(O)CC2)oc1C. The summed E-state index contributed by atoms with van der Waals surface area (Å²) in [4.78, 5) is 11.3. The maximum Gasteiger partial charge on any atom is 0.341 e. The van der Waals surface area contributed by atoms with E-state index in [2.05, 4.69) is 4.74 Å². The molecule has 0 radical (unpaired) electrons. The summed E-state index contributed by atoms with van der Waals surface area (Å²) in [6, 6.07) is 1.70. The third-order valence-corrected chi connectivity index (χ3v) is 3.04. The minimum Gasteiger partial charge on any atom is -0.465 e. The minimum absolute atomic E-state index is 0.377. The fourth-order valence-corrected chi connectivity index (χ4v) is 1.73. The first-order chi connectivity index (χ1) is 7.54. The number of aryl methyl sites for hydroxylation is 2. The number of aliphatic hydroxyl groups is 1.